The molecule has 4 saturated carbocycles. The number of carbonyl (C=O) groups excluding carboxylic acids is 3. The van der Waals surface area contributed by atoms with Gasteiger partial charge in [-0.2, -0.15) is 0 Å². The lowest BCUT2D eigenvalue weighted by molar-refractivity contribution is -0.161. The molecule has 1 saturated heterocycles. The first-order chi connectivity index (χ1) is 17.8. The third-order valence-corrected chi connectivity index (χ3v) is 9.19. The number of amides is 2. The number of thioether (sulfide) groups is 1. The number of halogens is 1. The lowest BCUT2D eigenvalue weighted by Crippen LogP contribution is -2.51. The van der Waals surface area contributed by atoms with Gasteiger partial charge in [-0.25, -0.2) is 4.39 Å². The van der Waals surface area contributed by atoms with E-state index in [-0.39, 0.29) is 33.9 Å². The van der Waals surface area contributed by atoms with Crippen molar-refractivity contribution in [2.75, 3.05) is 7.11 Å². The van der Waals surface area contributed by atoms with Gasteiger partial charge in [-0.3, -0.25) is 19.3 Å². The number of esters is 1. The Morgan fingerprint density at radius 3 is 2.30 bits per heavy atom. The van der Waals surface area contributed by atoms with Crippen molar-refractivity contribution in [3.8, 4) is 11.5 Å². The fourth-order valence-corrected chi connectivity index (χ4v) is 7.83. The average Bonchev–Trinajstić information content (AvgIpc) is 3.12. The molecular formula is C29H28FNO5S. The Morgan fingerprint density at radius 1 is 1.03 bits per heavy atom. The van der Waals surface area contributed by atoms with Crippen LogP contribution in [0.2, 0.25) is 0 Å². The molecule has 0 aromatic heterocycles. The summed E-state index contributed by atoms with van der Waals surface area (Å²) in [4.78, 5) is 40.2. The van der Waals surface area contributed by atoms with Crippen molar-refractivity contribution in [2.24, 2.45) is 23.2 Å². The molecule has 2 amide bonds. The first-order valence-corrected chi connectivity index (χ1v) is 13.5. The van der Waals surface area contributed by atoms with Gasteiger partial charge in [0, 0.05) is 0 Å². The summed E-state index contributed by atoms with van der Waals surface area (Å²) in [7, 11) is 1.51. The smallest absolute Gasteiger partial charge is 0.317 e. The molecule has 192 valence electrons. The zero-order valence-corrected chi connectivity index (χ0v) is 21.4. The molecule has 4 aliphatic carbocycles. The second-order valence-corrected chi connectivity index (χ2v) is 11.9. The van der Waals surface area contributed by atoms with E-state index >= 15 is 0 Å². The first-order valence-electron chi connectivity index (χ1n) is 12.7. The van der Waals surface area contributed by atoms with E-state index in [1.807, 2.05) is 0 Å². The Kier molecular flexibility index (Phi) is 6.10. The van der Waals surface area contributed by atoms with Crippen LogP contribution >= 0.6 is 11.8 Å². The van der Waals surface area contributed by atoms with E-state index in [1.54, 1.807) is 36.4 Å². The summed E-state index contributed by atoms with van der Waals surface area (Å²) in [5.74, 6) is 1.75. The van der Waals surface area contributed by atoms with E-state index in [2.05, 4.69) is 0 Å². The molecule has 7 rings (SSSR count). The van der Waals surface area contributed by atoms with Crippen molar-refractivity contribution in [2.45, 2.75) is 45.1 Å². The van der Waals surface area contributed by atoms with Gasteiger partial charge in [0.25, 0.3) is 11.1 Å². The largest absolute Gasteiger partial charge is 0.493 e. The number of benzene rings is 2. The maximum absolute atomic E-state index is 13.4. The van der Waals surface area contributed by atoms with Gasteiger partial charge in [0.15, 0.2) is 11.5 Å². The normalized spacial score (nSPS) is 29.3. The minimum Gasteiger partial charge on any atom is -0.493 e. The van der Waals surface area contributed by atoms with Crippen LogP contribution < -0.4 is 9.47 Å². The number of imide groups is 1. The molecule has 37 heavy (non-hydrogen) atoms. The highest BCUT2D eigenvalue weighted by Crippen LogP contribution is 2.60. The maximum Gasteiger partial charge on any atom is 0.317 e. The zero-order valence-electron chi connectivity index (χ0n) is 20.6. The Balaban J connectivity index is 1.17. The number of hydrogen-bond donors (Lipinski definition) is 0. The molecule has 1 aliphatic heterocycles. The Labute approximate surface area is 219 Å². The van der Waals surface area contributed by atoms with E-state index in [0.717, 1.165) is 35.9 Å². The van der Waals surface area contributed by atoms with Crippen LogP contribution in [0.4, 0.5) is 9.18 Å². The summed E-state index contributed by atoms with van der Waals surface area (Å²) >= 11 is 0.858. The van der Waals surface area contributed by atoms with Crippen molar-refractivity contribution in [3.05, 3.63) is 64.3 Å². The fourth-order valence-electron chi connectivity index (χ4n) is 6.99. The molecule has 2 aromatic rings. The lowest BCUT2D eigenvalue weighted by Gasteiger charge is -2.55. The van der Waals surface area contributed by atoms with Crippen molar-refractivity contribution in [1.29, 1.82) is 0 Å². The lowest BCUT2D eigenvalue weighted by atomic mass is 9.49. The van der Waals surface area contributed by atoms with Crippen molar-refractivity contribution in [1.82, 2.24) is 4.90 Å². The molecule has 2 aromatic carbocycles. The van der Waals surface area contributed by atoms with Gasteiger partial charge in [0.1, 0.15) is 5.82 Å². The Morgan fingerprint density at radius 2 is 1.68 bits per heavy atom. The van der Waals surface area contributed by atoms with E-state index in [0.29, 0.717) is 40.4 Å². The number of methoxy groups -OCH3 is 1. The molecule has 0 unspecified atom stereocenters. The molecular weight excluding hydrogens is 493 g/mol. The molecule has 0 atom stereocenters. The highest BCUT2D eigenvalue weighted by molar-refractivity contribution is 8.18. The second kappa shape index (κ2) is 9.31. The van der Waals surface area contributed by atoms with Crippen LogP contribution in [0.15, 0.2) is 47.4 Å². The predicted octanol–water partition coefficient (Wildman–Crippen LogP) is 6.19. The fraction of sp³-hybridized carbons (Fsp3) is 0.414. The molecule has 5 fully saturated rings. The van der Waals surface area contributed by atoms with Crippen LogP contribution in [0.1, 0.15) is 49.7 Å². The molecule has 0 N–H and O–H groups in total. The van der Waals surface area contributed by atoms with Crippen molar-refractivity contribution >= 4 is 35.0 Å². The molecule has 0 radical (unpaired) electrons. The second-order valence-electron chi connectivity index (χ2n) is 10.9. The number of ether oxygens (including phenoxy) is 2. The number of rotatable bonds is 6. The number of carbonyl (C=O) groups is 3. The summed E-state index contributed by atoms with van der Waals surface area (Å²) in [6, 6.07) is 10.8. The minimum absolute atomic E-state index is 0.0742. The SMILES string of the molecule is COc1cc(/C=C2\SC(=O)N(Cc3ccc(F)cc3)C2=O)ccc1OC(=O)C12CC3CC(CC(C3)C1)C2. The summed E-state index contributed by atoms with van der Waals surface area (Å²) in [6.45, 7) is 0.0742. The van der Waals surface area contributed by atoms with Gasteiger partial charge >= 0.3 is 5.97 Å². The molecule has 5 aliphatic rings. The highest BCUT2D eigenvalue weighted by atomic mass is 32.2. The monoisotopic (exact) mass is 521 g/mol. The Hall–Kier alpha value is -3.13. The molecule has 6 nitrogen and oxygen atoms in total. The molecule has 0 spiro atoms. The van der Waals surface area contributed by atoms with E-state index in [1.165, 1.54) is 38.5 Å². The van der Waals surface area contributed by atoms with Gasteiger partial charge in [0.05, 0.1) is 24.0 Å². The van der Waals surface area contributed by atoms with Gasteiger partial charge in [0.2, 0.25) is 0 Å². The van der Waals surface area contributed by atoms with E-state index < -0.39 is 5.91 Å². The number of hydrogen-bond acceptors (Lipinski definition) is 6. The highest BCUT2D eigenvalue weighted by Gasteiger charge is 2.55. The van der Waals surface area contributed by atoms with E-state index in [4.69, 9.17) is 9.47 Å². The molecule has 8 heteroatoms. The van der Waals surface area contributed by atoms with Crippen LogP contribution in [-0.2, 0) is 16.1 Å². The number of nitrogens with zero attached hydrogens (tertiary/aromatic N) is 1. The van der Waals surface area contributed by atoms with Crippen LogP contribution in [-0.4, -0.2) is 29.1 Å². The minimum atomic E-state index is -0.407. The van der Waals surface area contributed by atoms with Gasteiger partial charge in [-0.05, 0) is 110 Å². The summed E-state index contributed by atoms with van der Waals surface area (Å²) in [5, 5.41) is -0.381. The van der Waals surface area contributed by atoms with Gasteiger partial charge < -0.3 is 9.47 Å². The quantitative estimate of drug-likeness (QED) is 0.256. The van der Waals surface area contributed by atoms with E-state index in [9.17, 15) is 18.8 Å². The summed E-state index contributed by atoms with van der Waals surface area (Å²) < 4.78 is 24.6. The van der Waals surface area contributed by atoms with Gasteiger partial charge in [-0.1, -0.05) is 18.2 Å². The van der Waals surface area contributed by atoms with Crippen LogP contribution in [0.25, 0.3) is 6.08 Å². The Bertz CT molecular complexity index is 1270. The van der Waals surface area contributed by atoms with Crippen molar-refractivity contribution in [3.63, 3.8) is 0 Å². The third kappa shape index (κ3) is 4.56. The summed E-state index contributed by atoms with van der Waals surface area (Å²) in [6.07, 6.45) is 8.15. The van der Waals surface area contributed by atoms with Crippen LogP contribution in [0.5, 0.6) is 11.5 Å². The molecule has 1 heterocycles. The van der Waals surface area contributed by atoms with Gasteiger partial charge in [-0.15, -0.1) is 0 Å². The zero-order chi connectivity index (χ0) is 25.7. The predicted molar refractivity (Wildman–Crippen MR) is 137 cm³/mol. The van der Waals surface area contributed by atoms with Crippen LogP contribution in [0.3, 0.4) is 0 Å². The topological polar surface area (TPSA) is 72.9 Å². The standard InChI is InChI=1S/C29H28FNO5S/c1-35-24-11-18(12-25-26(32)31(28(34)37-25)16-17-2-5-22(30)6-3-17)4-7-23(24)36-27(33)29-13-19-8-20(14-29)10-21(9-19)15-29/h2-7,11-12,19-21H,8-10,13-16H2,1H3/b25-12-. The molecule has 4 bridgehead atoms. The van der Waals surface area contributed by atoms with Crippen molar-refractivity contribution < 1.29 is 28.2 Å². The average molecular weight is 522 g/mol. The maximum atomic E-state index is 13.4. The van der Waals surface area contributed by atoms with Crippen LogP contribution in [0, 0.1) is 29.0 Å². The first kappa shape index (κ1) is 24.2. The third-order valence-electron chi connectivity index (χ3n) is 8.29. The summed E-state index contributed by atoms with van der Waals surface area (Å²) in [5.41, 5.74) is 0.942.